The Morgan fingerprint density at radius 2 is 1.45 bits per heavy atom. The first-order valence-electron chi connectivity index (χ1n) is 5.50. The van der Waals surface area contributed by atoms with Crippen LogP contribution in [0.5, 0.6) is 0 Å². The molecule has 0 saturated heterocycles. The van der Waals surface area contributed by atoms with Crippen molar-refractivity contribution in [1.29, 1.82) is 5.26 Å². The molecule has 0 fully saturated rings. The average Bonchev–Trinajstić information content (AvgIpc) is 2.46. The maximum atomic E-state index is 11.0. The Balaban J connectivity index is 2.57. The lowest BCUT2D eigenvalue weighted by Crippen LogP contribution is -2.07. The third kappa shape index (κ3) is 2.62. The van der Waals surface area contributed by atoms with Crippen LogP contribution in [0.15, 0.2) is 36.4 Å². The van der Waals surface area contributed by atoms with Crippen molar-refractivity contribution in [3.8, 4) is 17.2 Å². The van der Waals surface area contributed by atoms with Crippen LogP contribution in [0.25, 0.3) is 11.1 Å². The molecule has 1 aromatic heterocycles. The highest BCUT2D eigenvalue weighted by Crippen LogP contribution is 2.21. The molecule has 20 heavy (non-hydrogen) atoms. The fourth-order valence-electron chi connectivity index (χ4n) is 1.65. The molecule has 1 heterocycles. The monoisotopic (exact) mass is 268 g/mol. The lowest BCUT2D eigenvalue weighted by atomic mass is 10.0. The van der Waals surface area contributed by atoms with Crippen molar-refractivity contribution in [3.63, 3.8) is 0 Å². The number of carboxylic acid groups (broad SMARTS) is 2. The number of hydrogen-bond donors (Lipinski definition) is 2. The van der Waals surface area contributed by atoms with Gasteiger partial charge in [0, 0.05) is 0 Å². The van der Waals surface area contributed by atoms with E-state index in [0.717, 1.165) is 0 Å². The maximum absolute atomic E-state index is 11.0. The molecular formula is C14H8N2O4. The predicted octanol–water partition coefficient (Wildman–Crippen LogP) is 2.02. The van der Waals surface area contributed by atoms with Gasteiger partial charge in [0.2, 0.25) is 0 Å². The Hall–Kier alpha value is -3.20. The van der Waals surface area contributed by atoms with Gasteiger partial charge in [0.05, 0.1) is 11.6 Å². The summed E-state index contributed by atoms with van der Waals surface area (Å²) in [5.74, 6) is -2.61. The quantitative estimate of drug-likeness (QED) is 0.880. The highest BCUT2D eigenvalue weighted by molar-refractivity contribution is 5.92. The van der Waals surface area contributed by atoms with E-state index in [4.69, 9.17) is 15.5 Å². The number of hydrogen-bond acceptors (Lipinski definition) is 4. The molecule has 2 N–H and O–H groups in total. The molecule has 0 saturated carbocycles. The zero-order valence-corrected chi connectivity index (χ0v) is 10.1. The molecule has 6 nitrogen and oxygen atoms in total. The number of benzene rings is 1. The molecule has 1 aromatic carbocycles. The highest BCUT2D eigenvalue weighted by atomic mass is 16.4. The van der Waals surface area contributed by atoms with E-state index in [1.165, 1.54) is 12.1 Å². The van der Waals surface area contributed by atoms with Crippen molar-refractivity contribution in [2.45, 2.75) is 0 Å². The van der Waals surface area contributed by atoms with E-state index in [1.54, 1.807) is 24.3 Å². The van der Waals surface area contributed by atoms with Gasteiger partial charge in [-0.3, -0.25) is 0 Å². The molecule has 0 aliphatic carbocycles. The van der Waals surface area contributed by atoms with Gasteiger partial charge in [0.1, 0.15) is 11.4 Å². The van der Waals surface area contributed by atoms with Crippen LogP contribution in [0.2, 0.25) is 0 Å². The molecule has 0 aliphatic rings. The summed E-state index contributed by atoms with van der Waals surface area (Å²) in [6.45, 7) is 0. The number of nitriles is 1. The summed E-state index contributed by atoms with van der Waals surface area (Å²) >= 11 is 0. The average molecular weight is 268 g/mol. The summed E-state index contributed by atoms with van der Waals surface area (Å²) in [5, 5.41) is 26.6. The second-order valence-electron chi connectivity index (χ2n) is 3.93. The number of carbonyl (C=O) groups is 2. The number of aromatic nitrogens is 1. The second-order valence-corrected chi connectivity index (χ2v) is 3.93. The SMILES string of the molecule is N#Cc1ccc(-c2cc(C(=O)O)nc(C(=O)O)c2)cc1. The van der Waals surface area contributed by atoms with Crippen LogP contribution in [0.3, 0.4) is 0 Å². The van der Waals surface area contributed by atoms with E-state index >= 15 is 0 Å². The molecule has 0 aliphatic heterocycles. The minimum absolute atomic E-state index is 0.343. The fourth-order valence-corrected chi connectivity index (χ4v) is 1.65. The van der Waals surface area contributed by atoms with Crippen LogP contribution in [0, 0.1) is 11.3 Å². The Bertz CT molecular complexity index is 698. The van der Waals surface area contributed by atoms with Crippen molar-refractivity contribution < 1.29 is 19.8 Å². The van der Waals surface area contributed by atoms with Crippen molar-refractivity contribution >= 4 is 11.9 Å². The van der Waals surface area contributed by atoms with Gasteiger partial charge in [0.25, 0.3) is 0 Å². The number of pyridine rings is 1. The van der Waals surface area contributed by atoms with Gasteiger partial charge in [-0.15, -0.1) is 0 Å². The molecule has 0 amide bonds. The number of aromatic carboxylic acids is 2. The molecule has 0 radical (unpaired) electrons. The first kappa shape index (κ1) is 13.2. The predicted molar refractivity (Wildman–Crippen MR) is 68.3 cm³/mol. The molecular weight excluding hydrogens is 260 g/mol. The molecule has 98 valence electrons. The molecule has 2 rings (SSSR count). The van der Waals surface area contributed by atoms with Gasteiger partial charge < -0.3 is 10.2 Å². The highest BCUT2D eigenvalue weighted by Gasteiger charge is 2.14. The van der Waals surface area contributed by atoms with Gasteiger partial charge in [-0.25, -0.2) is 14.6 Å². The van der Waals surface area contributed by atoms with E-state index in [-0.39, 0.29) is 11.4 Å². The Labute approximate surface area is 113 Å². The van der Waals surface area contributed by atoms with Crippen molar-refractivity contribution in [2.24, 2.45) is 0 Å². The molecule has 0 atom stereocenters. The van der Waals surface area contributed by atoms with Crippen LogP contribution in [-0.2, 0) is 0 Å². The molecule has 0 bridgehead atoms. The summed E-state index contributed by atoms with van der Waals surface area (Å²) in [5.41, 5.74) is 0.795. The summed E-state index contributed by atoms with van der Waals surface area (Å²) in [7, 11) is 0. The van der Waals surface area contributed by atoms with Crippen LogP contribution < -0.4 is 0 Å². The van der Waals surface area contributed by atoms with Gasteiger partial charge in [-0.1, -0.05) is 12.1 Å². The first-order valence-corrected chi connectivity index (χ1v) is 5.50. The van der Waals surface area contributed by atoms with Gasteiger partial charge in [-0.05, 0) is 35.4 Å². The Morgan fingerprint density at radius 1 is 0.950 bits per heavy atom. The number of rotatable bonds is 3. The van der Waals surface area contributed by atoms with Gasteiger partial charge in [0.15, 0.2) is 0 Å². The first-order chi connectivity index (χ1) is 9.51. The molecule has 2 aromatic rings. The van der Waals surface area contributed by atoms with E-state index in [9.17, 15) is 9.59 Å². The van der Waals surface area contributed by atoms with Gasteiger partial charge in [-0.2, -0.15) is 5.26 Å². The summed E-state index contributed by atoms with van der Waals surface area (Å²) in [6.07, 6.45) is 0. The molecule has 0 spiro atoms. The summed E-state index contributed by atoms with van der Waals surface area (Å²) in [4.78, 5) is 25.5. The minimum Gasteiger partial charge on any atom is -0.477 e. The topological polar surface area (TPSA) is 111 Å². The zero-order valence-electron chi connectivity index (χ0n) is 10.1. The molecule has 0 unspecified atom stereocenters. The van der Waals surface area contributed by atoms with Crippen LogP contribution >= 0.6 is 0 Å². The standard InChI is InChI=1S/C14H8N2O4/c15-7-8-1-3-9(4-2-8)10-5-11(13(17)18)16-12(6-10)14(19)20/h1-6H,(H,17,18)(H,19,20). The summed E-state index contributed by atoms with van der Waals surface area (Å²) < 4.78 is 0. The van der Waals surface area contributed by atoms with Crippen LogP contribution in [-0.4, -0.2) is 27.1 Å². The summed E-state index contributed by atoms with van der Waals surface area (Å²) in [6, 6.07) is 10.9. The van der Waals surface area contributed by atoms with Crippen LogP contribution in [0.4, 0.5) is 0 Å². The van der Waals surface area contributed by atoms with Crippen molar-refractivity contribution in [2.75, 3.05) is 0 Å². The lowest BCUT2D eigenvalue weighted by molar-refractivity contribution is 0.0685. The molecule has 6 heteroatoms. The maximum Gasteiger partial charge on any atom is 0.354 e. The van der Waals surface area contributed by atoms with Crippen molar-refractivity contribution in [3.05, 3.63) is 53.3 Å². The fraction of sp³-hybridized carbons (Fsp3) is 0. The van der Waals surface area contributed by atoms with E-state index in [0.29, 0.717) is 16.7 Å². The number of carboxylic acids is 2. The third-order valence-electron chi connectivity index (χ3n) is 2.61. The lowest BCUT2D eigenvalue weighted by Gasteiger charge is -2.05. The number of nitrogens with zero attached hydrogens (tertiary/aromatic N) is 2. The third-order valence-corrected chi connectivity index (χ3v) is 2.61. The minimum atomic E-state index is -1.30. The second kappa shape index (κ2) is 5.20. The largest absolute Gasteiger partial charge is 0.477 e. The Kier molecular flexibility index (Phi) is 3.44. The normalized spacial score (nSPS) is 9.75. The van der Waals surface area contributed by atoms with E-state index in [2.05, 4.69) is 4.98 Å². The van der Waals surface area contributed by atoms with Crippen LogP contribution in [0.1, 0.15) is 26.5 Å². The smallest absolute Gasteiger partial charge is 0.354 e. The van der Waals surface area contributed by atoms with E-state index in [1.807, 2.05) is 6.07 Å². The van der Waals surface area contributed by atoms with Crippen molar-refractivity contribution in [1.82, 2.24) is 4.98 Å². The Morgan fingerprint density at radius 3 is 1.85 bits per heavy atom. The van der Waals surface area contributed by atoms with E-state index < -0.39 is 11.9 Å². The van der Waals surface area contributed by atoms with Gasteiger partial charge >= 0.3 is 11.9 Å². The zero-order chi connectivity index (χ0) is 14.7.